The summed E-state index contributed by atoms with van der Waals surface area (Å²) in [4.78, 5) is 9.00. The van der Waals surface area contributed by atoms with Crippen molar-refractivity contribution in [3.8, 4) is 11.3 Å². The van der Waals surface area contributed by atoms with E-state index in [1.165, 1.54) is 0 Å². The molecule has 5 aromatic rings. The largest absolute Gasteiger partial charge is 0.437 e. The maximum absolute atomic E-state index is 6.23. The molecule has 0 atom stereocenters. The maximum Gasteiger partial charge on any atom is 0.234 e. The van der Waals surface area contributed by atoms with Crippen LogP contribution < -0.4 is 4.57 Å². The van der Waals surface area contributed by atoms with Gasteiger partial charge < -0.3 is 4.42 Å². The lowest BCUT2D eigenvalue weighted by atomic mass is 10.0. The van der Waals surface area contributed by atoms with Crippen molar-refractivity contribution in [1.82, 2.24) is 9.97 Å². The minimum absolute atomic E-state index is 0.673. The molecule has 0 saturated carbocycles. The second kappa shape index (κ2) is 5.11. The molecule has 25 heavy (non-hydrogen) atoms. The number of fused-ring (bicyclic) bond motifs is 4. The van der Waals surface area contributed by atoms with E-state index in [2.05, 4.69) is 40.7 Å². The molecule has 5 rings (SSSR count). The number of aryl methyl sites for hydroxylation is 2. The number of hydrogen-bond donors (Lipinski definition) is 0. The quantitative estimate of drug-likeness (QED) is 0.431. The number of hydrogen-bond acceptors (Lipinski definition) is 3. The summed E-state index contributed by atoms with van der Waals surface area (Å²) < 4.78 is 8.29. The summed E-state index contributed by atoms with van der Waals surface area (Å²) in [7, 11) is 2.02. The van der Waals surface area contributed by atoms with Crippen molar-refractivity contribution in [2.75, 3.05) is 0 Å². The summed E-state index contributed by atoms with van der Waals surface area (Å²) in [6.45, 7) is 2.10. The van der Waals surface area contributed by atoms with E-state index < -0.39 is 0 Å². The van der Waals surface area contributed by atoms with Crippen molar-refractivity contribution in [2.24, 2.45) is 7.05 Å². The Balaban J connectivity index is 1.94. The lowest BCUT2D eigenvalue weighted by Crippen LogP contribution is -2.30. The standard InChI is InChI=1S/C21H16N3O/c1-13-7-8-15-16-11-14-5-3-4-6-17(14)23-21(16)25-20(15)19(13)18-12-22-9-10-24(18)2/h3-12H,1-2H3/q+1. The van der Waals surface area contributed by atoms with E-state index in [4.69, 9.17) is 9.40 Å². The van der Waals surface area contributed by atoms with Gasteiger partial charge in [0.05, 0.1) is 23.5 Å². The molecule has 120 valence electrons. The Bertz CT molecular complexity index is 1270. The van der Waals surface area contributed by atoms with Gasteiger partial charge in [-0.2, -0.15) is 4.57 Å². The van der Waals surface area contributed by atoms with Crippen molar-refractivity contribution < 1.29 is 8.98 Å². The van der Waals surface area contributed by atoms with Gasteiger partial charge >= 0.3 is 0 Å². The number of nitrogens with zero attached hydrogens (tertiary/aromatic N) is 3. The van der Waals surface area contributed by atoms with Crippen LogP contribution in [0.4, 0.5) is 0 Å². The molecule has 0 aliphatic rings. The third-order valence-corrected chi connectivity index (χ3v) is 4.75. The molecule has 0 aliphatic heterocycles. The van der Waals surface area contributed by atoms with Gasteiger partial charge in [0.1, 0.15) is 7.05 Å². The van der Waals surface area contributed by atoms with Crippen molar-refractivity contribution in [1.29, 1.82) is 0 Å². The average molecular weight is 326 g/mol. The molecule has 0 unspecified atom stereocenters. The molecule has 3 heterocycles. The molecule has 4 nitrogen and oxygen atoms in total. The molecule has 0 N–H and O–H groups in total. The van der Waals surface area contributed by atoms with Crippen LogP contribution in [0.5, 0.6) is 0 Å². The summed E-state index contributed by atoms with van der Waals surface area (Å²) in [5, 5.41) is 3.24. The fraction of sp³-hybridized carbons (Fsp3) is 0.0952. The fourth-order valence-electron chi connectivity index (χ4n) is 3.45. The first-order valence-electron chi connectivity index (χ1n) is 8.24. The van der Waals surface area contributed by atoms with Crippen LogP contribution in [0, 0.1) is 6.92 Å². The first-order chi connectivity index (χ1) is 12.2. The van der Waals surface area contributed by atoms with Gasteiger partial charge in [-0.3, -0.25) is 4.98 Å². The van der Waals surface area contributed by atoms with Gasteiger partial charge in [0.25, 0.3) is 0 Å². The monoisotopic (exact) mass is 326 g/mol. The molecule has 0 saturated heterocycles. The Labute approximate surface area is 144 Å². The second-order valence-electron chi connectivity index (χ2n) is 6.34. The van der Waals surface area contributed by atoms with Crippen molar-refractivity contribution in [3.05, 3.63) is 66.6 Å². The van der Waals surface area contributed by atoms with Crippen LogP contribution in [0.3, 0.4) is 0 Å². The number of benzene rings is 2. The van der Waals surface area contributed by atoms with Crippen LogP contribution in [0.25, 0.3) is 44.2 Å². The Hall–Kier alpha value is -3.27. The average Bonchev–Trinajstić information content (AvgIpc) is 2.98. The molecular weight excluding hydrogens is 310 g/mol. The van der Waals surface area contributed by atoms with Gasteiger partial charge in [-0.25, -0.2) is 4.98 Å². The summed E-state index contributed by atoms with van der Waals surface area (Å²) in [5.74, 6) is 0. The molecule has 3 aromatic heterocycles. The highest BCUT2D eigenvalue weighted by molar-refractivity contribution is 6.11. The van der Waals surface area contributed by atoms with E-state index in [1.807, 2.05) is 37.6 Å². The minimum atomic E-state index is 0.673. The van der Waals surface area contributed by atoms with Crippen LogP contribution >= 0.6 is 0 Å². The molecule has 2 aromatic carbocycles. The van der Waals surface area contributed by atoms with Gasteiger partial charge in [0.15, 0.2) is 11.8 Å². The molecule has 0 bridgehead atoms. The Morgan fingerprint density at radius 2 is 1.92 bits per heavy atom. The smallest absolute Gasteiger partial charge is 0.234 e. The van der Waals surface area contributed by atoms with E-state index in [-0.39, 0.29) is 0 Å². The van der Waals surface area contributed by atoms with Crippen molar-refractivity contribution in [2.45, 2.75) is 6.92 Å². The maximum atomic E-state index is 6.23. The summed E-state index contributed by atoms with van der Waals surface area (Å²) in [5.41, 5.74) is 5.72. The van der Waals surface area contributed by atoms with Gasteiger partial charge in [0, 0.05) is 16.2 Å². The van der Waals surface area contributed by atoms with Gasteiger partial charge in [0.2, 0.25) is 11.4 Å². The third-order valence-electron chi connectivity index (χ3n) is 4.75. The highest BCUT2D eigenvalue weighted by Gasteiger charge is 2.21. The summed E-state index contributed by atoms with van der Waals surface area (Å²) in [6, 6.07) is 14.5. The number of aromatic nitrogens is 3. The lowest BCUT2D eigenvalue weighted by Gasteiger charge is -2.04. The van der Waals surface area contributed by atoms with Crippen molar-refractivity contribution >= 4 is 33.0 Å². The van der Waals surface area contributed by atoms with Gasteiger partial charge in [-0.05, 0) is 24.6 Å². The zero-order chi connectivity index (χ0) is 17.0. The van der Waals surface area contributed by atoms with E-state index in [1.54, 1.807) is 6.20 Å². The highest BCUT2D eigenvalue weighted by atomic mass is 16.3. The zero-order valence-electron chi connectivity index (χ0n) is 14.0. The van der Waals surface area contributed by atoms with E-state index in [9.17, 15) is 0 Å². The minimum Gasteiger partial charge on any atom is -0.437 e. The predicted octanol–water partition coefficient (Wildman–Crippen LogP) is 4.33. The topological polar surface area (TPSA) is 42.8 Å². The Kier molecular flexibility index (Phi) is 2.88. The summed E-state index contributed by atoms with van der Waals surface area (Å²) in [6.07, 6.45) is 5.60. The molecule has 0 amide bonds. The van der Waals surface area contributed by atoms with Crippen molar-refractivity contribution in [3.63, 3.8) is 0 Å². The van der Waals surface area contributed by atoms with Crippen LogP contribution in [-0.4, -0.2) is 9.97 Å². The number of pyridine rings is 1. The Morgan fingerprint density at radius 1 is 1.04 bits per heavy atom. The zero-order valence-corrected chi connectivity index (χ0v) is 14.0. The first-order valence-corrected chi connectivity index (χ1v) is 8.24. The Morgan fingerprint density at radius 3 is 2.80 bits per heavy atom. The molecule has 4 heteroatoms. The fourth-order valence-corrected chi connectivity index (χ4v) is 3.45. The first kappa shape index (κ1) is 14.1. The van der Waals surface area contributed by atoms with Crippen LogP contribution in [0.1, 0.15) is 5.56 Å². The molecular formula is C21H16N3O+. The van der Waals surface area contributed by atoms with Gasteiger partial charge in [-0.15, -0.1) is 0 Å². The van der Waals surface area contributed by atoms with Crippen LogP contribution in [-0.2, 0) is 7.05 Å². The summed E-state index contributed by atoms with van der Waals surface area (Å²) >= 11 is 0. The normalized spacial score (nSPS) is 11.6. The number of para-hydroxylation sites is 1. The van der Waals surface area contributed by atoms with E-state index in [0.29, 0.717) is 5.71 Å². The van der Waals surface area contributed by atoms with E-state index in [0.717, 1.165) is 44.1 Å². The van der Waals surface area contributed by atoms with Gasteiger partial charge in [-0.1, -0.05) is 30.3 Å². The molecule has 0 fully saturated rings. The molecule has 0 spiro atoms. The van der Waals surface area contributed by atoms with E-state index >= 15 is 0 Å². The molecule has 0 radical (unpaired) electrons. The predicted molar refractivity (Wildman–Crippen MR) is 98.2 cm³/mol. The number of furan rings is 1. The number of rotatable bonds is 1. The highest BCUT2D eigenvalue weighted by Crippen LogP contribution is 2.36. The SMILES string of the molecule is Cc1ccc2c(oc3nc4ccccc4cc32)c1-c1cncc[n+]1C. The van der Waals surface area contributed by atoms with Crippen LogP contribution in [0.15, 0.2) is 65.5 Å². The van der Waals surface area contributed by atoms with Crippen LogP contribution in [0.2, 0.25) is 0 Å². The second-order valence-corrected chi connectivity index (χ2v) is 6.34. The third kappa shape index (κ3) is 2.04. The lowest BCUT2D eigenvalue weighted by molar-refractivity contribution is -0.660. The molecule has 0 aliphatic carbocycles.